The molecule has 1 aliphatic rings. The maximum absolute atomic E-state index is 13.1. The summed E-state index contributed by atoms with van der Waals surface area (Å²) in [5.41, 5.74) is 3.53. The highest BCUT2D eigenvalue weighted by Gasteiger charge is 2.28. The van der Waals surface area contributed by atoms with Gasteiger partial charge >= 0.3 is 0 Å². The topological polar surface area (TPSA) is 51.1 Å². The molecule has 0 N–H and O–H groups in total. The van der Waals surface area contributed by atoms with Crippen LogP contribution in [-0.2, 0) is 11.4 Å². The summed E-state index contributed by atoms with van der Waals surface area (Å²) in [6.45, 7) is 2.10. The van der Waals surface area contributed by atoms with Gasteiger partial charge in [0.2, 0.25) is 0 Å². The molecule has 162 valence electrons. The third kappa shape index (κ3) is 4.67. The molecule has 1 amide bonds. The number of para-hydroxylation sites is 1. The first kappa shape index (κ1) is 22.0. The summed E-state index contributed by atoms with van der Waals surface area (Å²) < 4.78 is 25.4. The number of halogens is 2. The smallest absolute Gasteiger partial charge is 0.280 e. The molecule has 0 bridgehead atoms. The second-order valence-corrected chi connectivity index (χ2v) is 8.31. The van der Waals surface area contributed by atoms with Crippen LogP contribution in [0.4, 0.5) is 10.1 Å². The third-order valence-electron chi connectivity index (χ3n) is 4.92. The van der Waals surface area contributed by atoms with Crippen LogP contribution >= 0.6 is 22.6 Å². The van der Waals surface area contributed by atoms with Crippen LogP contribution in [0.1, 0.15) is 18.1 Å². The average molecular weight is 542 g/mol. The van der Waals surface area contributed by atoms with Crippen LogP contribution in [0.3, 0.4) is 0 Å². The summed E-state index contributed by atoms with van der Waals surface area (Å²) in [6, 6.07) is 19.2. The van der Waals surface area contributed by atoms with Crippen LogP contribution in [0, 0.1) is 9.39 Å². The molecular formula is C25H20FIN2O3. The fourth-order valence-corrected chi connectivity index (χ4v) is 4.08. The Morgan fingerprint density at radius 1 is 1.09 bits per heavy atom. The van der Waals surface area contributed by atoms with Gasteiger partial charge in [0.1, 0.15) is 12.4 Å². The summed E-state index contributed by atoms with van der Waals surface area (Å²) in [7, 11) is 1.57. The van der Waals surface area contributed by atoms with E-state index in [1.54, 1.807) is 25.3 Å². The average Bonchev–Trinajstić information content (AvgIpc) is 3.08. The Bertz CT molecular complexity index is 1210. The van der Waals surface area contributed by atoms with Crippen molar-refractivity contribution in [2.75, 3.05) is 12.1 Å². The van der Waals surface area contributed by atoms with E-state index in [0.29, 0.717) is 22.8 Å². The molecule has 7 heteroatoms. The zero-order chi connectivity index (χ0) is 22.7. The summed E-state index contributed by atoms with van der Waals surface area (Å²) in [5, 5.41) is 5.82. The van der Waals surface area contributed by atoms with E-state index >= 15 is 0 Å². The van der Waals surface area contributed by atoms with Crippen LogP contribution in [0.25, 0.3) is 6.08 Å². The van der Waals surface area contributed by atoms with Crippen molar-refractivity contribution in [1.82, 2.24) is 0 Å². The van der Waals surface area contributed by atoms with Crippen LogP contribution in [0.15, 0.2) is 77.4 Å². The molecule has 3 aromatic carbocycles. The maximum Gasteiger partial charge on any atom is 0.280 e. The first-order valence-electron chi connectivity index (χ1n) is 9.88. The summed E-state index contributed by atoms with van der Waals surface area (Å²) in [6.07, 6.45) is 1.80. The van der Waals surface area contributed by atoms with Crippen LogP contribution < -0.4 is 14.5 Å². The molecule has 0 aromatic heterocycles. The molecule has 32 heavy (non-hydrogen) atoms. The standard InChI is InChI=1S/C25H20FIN2O3/c1-16-21(25(30)29(28-16)20-6-4-3-5-7-20)12-18-13-22(27)24(23(14-18)31-2)32-15-17-8-10-19(26)11-9-17/h3-14H,15H2,1-2H3/b21-12+. The van der Waals surface area contributed by atoms with Gasteiger partial charge in [-0.2, -0.15) is 10.1 Å². The normalized spacial score (nSPS) is 14.6. The number of hydrogen-bond acceptors (Lipinski definition) is 4. The lowest BCUT2D eigenvalue weighted by molar-refractivity contribution is -0.114. The fourth-order valence-electron chi connectivity index (χ4n) is 3.29. The minimum absolute atomic E-state index is 0.181. The van der Waals surface area contributed by atoms with E-state index in [1.807, 2.05) is 49.4 Å². The number of carbonyl (C=O) groups excluding carboxylic acids is 1. The van der Waals surface area contributed by atoms with E-state index < -0.39 is 0 Å². The molecule has 0 saturated heterocycles. The molecule has 4 rings (SSSR count). The van der Waals surface area contributed by atoms with E-state index in [0.717, 1.165) is 20.4 Å². The summed E-state index contributed by atoms with van der Waals surface area (Å²) in [4.78, 5) is 13.0. The van der Waals surface area contributed by atoms with Gasteiger partial charge in [0, 0.05) is 0 Å². The van der Waals surface area contributed by atoms with Crippen molar-refractivity contribution < 1.29 is 18.7 Å². The van der Waals surface area contributed by atoms with E-state index in [2.05, 4.69) is 27.7 Å². The van der Waals surface area contributed by atoms with Gasteiger partial charge in [0.05, 0.1) is 27.7 Å². The molecule has 3 aromatic rings. The van der Waals surface area contributed by atoms with Crippen molar-refractivity contribution in [1.29, 1.82) is 0 Å². The molecule has 0 unspecified atom stereocenters. The number of methoxy groups -OCH3 is 1. The summed E-state index contributed by atoms with van der Waals surface area (Å²) in [5.74, 6) is 0.670. The maximum atomic E-state index is 13.1. The Morgan fingerprint density at radius 2 is 1.81 bits per heavy atom. The Labute approximate surface area is 199 Å². The number of ether oxygens (including phenoxy) is 2. The molecule has 0 fully saturated rings. The molecule has 5 nitrogen and oxygen atoms in total. The third-order valence-corrected chi connectivity index (χ3v) is 5.72. The van der Waals surface area contributed by atoms with Gasteiger partial charge in [0.25, 0.3) is 5.91 Å². The monoisotopic (exact) mass is 542 g/mol. The Hall–Kier alpha value is -3.20. The molecular weight excluding hydrogens is 522 g/mol. The second kappa shape index (κ2) is 9.52. The number of nitrogens with zero attached hydrogens (tertiary/aromatic N) is 2. The fraction of sp³-hybridized carbons (Fsp3) is 0.120. The number of carbonyl (C=O) groups is 1. The molecule has 1 heterocycles. The predicted molar refractivity (Wildman–Crippen MR) is 131 cm³/mol. The van der Waals surface area contributed by atoms with Gasteiger partial charge in [-0.15, -0.1) is 0 Å². The largest absolute Gasteiger partial charge is 0.493 e. The molecule has 0 spiro atoms. The highest BCUT2D eigenvalue weighted by Crippen LogP contribution is 2.36. The van der Waals surface area contributed by atoms with Crippen molar-refractivity contribution in [3.63, 3.8) is 0 Å². The van der Waals surface area contributed by atoms with Crippen LogP contribution in [-0.4, -0.2) is 18.7 Å². The van der Waals surface area contributed by atoms with Crippen molar-refractivity contribution in [2.24, 2.45) is 5.10 Å². The Kier molecular flexibility index (Phi) is 6.55. The zero-order valence-corrected chi connectivity index (χ0v) is 19.7. The highest BCUT2D eigenvalue weighted by molar-refractivity contribution is 14.1. The van der Waals surface area contributed by atoms with Crippen molar-refractivity contribution in [3.8, 4) is 11.5 Å². The molecule has 0 atom stereocenters. The van der Waals surface area contributed by atoms with Crippen molar-refractivity contribution in [3.05, 3.63) is 92.8 Å². The number of anilines is 1. The zero-order valence-electron chi connectivity index (χ0n) is 17.5. The number of hydrogen-bond donors (Lipinski definition) is 0. The highest BCUT2D eigenvalue weighted by atomic mass is 127. The number of amides is 1. The minimum Gasteiger partial charge on any atom is -0.493 e. The van der Waals surface area contributed by atoms with Gasteiger partial charge < -0.3 is 9.47 Å². The lowest BCUT2D eigenvalue weighted by atomic mass is 10.1. The second-order valence-electron chi connectivity index (χ2n) is 7.15. The van der Waals surface area contributed by atoms with Gasteiger partial charge in [-0.25, -0.2) is 4.39 Å². The van der Waals surface area contributed by atoms with E-state index in [9.17, 15) is 9.18 Å². The quantitative estimate of drug-likeness (QED) is 0.291. The van der Waals surface area contributed by atoms with Gasteiger partial charge in [-0.05, 0) is 83.1 Å². The molecule has 0 aliphatic carbocycles. The van der Waals surface area contributed by atoms with Crippen LogP contribution in [0.2, 0.25) is 0 Å². The molecule has 0 saturated carbocycles. The number of rotatable bonds is 6. The SMILES string of the molecule is COc1cc(/C=C2/C(=O)N(c3ccccc3)N=C2C)cc(I)c1OCc1ccc(F)cc1. The van der Waals surface area contributed by atoms with E-state index in [4.69, 9.17) is 9.47 Å². The first-order valence-corrected chi connectivity index (χ1v) is 11.0. The van der Waals surface area contributed by atoms with E-state index in [-0.39, 0.29) is 18.3 Å². The van der Waals surface area contributed by atoms with Gasteiger partial charge in [-0.3, -0.25) is 4.79 Å². The van der Waals surface area contributed by atoms with Gasteiger partial charge in [0.15, 0.2) is 11.5 Å². The van der Waals surface area contributed by atoms with E-state index in [1.165, 1.54) is 17.1 Å². The molecule has 1 aliphatic heterocycles. The Balaban J connectivity index is 1.59. The Morgan fingerprint density at radius 3 is 2.50 bits per heavy atom. The number of hydrazone groups is 1. The van der Waals surface area contributed by atoms with Crippen LogP contribution in [0.5, 0.6) is 11.5 Å². The number of benzene rings is 3. The molecule has 0 radical (unpaired) electrons. The first-order chi connectivity index (χ1) is 15.5. The van der Waals surface area contributed by atoms with Crippen molar-refractivity contribution >= 4 is 46.0 Å². The predicted octanol–water partition coefficient (Wildman–Crippen LogP) is 5.82. The lowest BCUT2D eigenvalue weighted by Crippen LogP contribution is -2.21. The van der Waals surface area contributed by atoms with Crippen molar-refractivity contribution in [2.45, 2.75) is 13.5 Å². The lowest BCUT2D eigenvalue weighted by Gasteiger charge is -2.14. The van der Waals surface area contributed by atoms with Gasteiger partial charge in [-0.1, -0.05) is 30.3 Å². The summed E-state index contributed by atoms with van der Waals surface area (Å²) >= 11 is 2.17. The minimum atomic E-state index is -0.288.